The first kappa shape index (κ1) is 10.8. The molecule has 0 atom stereocenters. The Labute approximate surface area is 102 Å². The van der Waals surface area contributed by atoms with E-state index in [0.717, 1.165) is 5.56 Å². The summed E-state index contributed by atoms with van der Waals surface area (Å²) >= 11 is 0. The molecule has 0 spiro atoms. The minimum Gasteiger partial charge on any atom is -0.485 e. The second kappa shape index (κ2) is 4.53. The minimum atomic E-state index is 0.211. The van der Waals surface area contributed by atoms with E-state index >= 15 is 0 Å². The van der Waals surface area contributed by atoms with Gasteiger partial charge in [-0.15, -0.1) is 0 Å². The average Bonchev–Trinajstić information content (AvgIpc) is 3.05. The van der Waals surface area contributed by atoms with E-state index in [0.29, 0.717) is 29.6 Å². The Bertz CT molecular complexity index is 541. The smallest absolute Gasteiger partial charge is 0.231 e. The van der Waals surface area contributed by atoms with E-state index in [9.17, 15) is 0 Å². The van der Waals surface area contributed by atoms with Crippen molar-refractivity contribution in [3.8, 4) is 17.2 Å². The molecule has 0 amide bonds. The Morgan fingerprint density at radius 3 is 2.83 bits per heavy atom. The molecule has 3 rings (SSSR count). The van der Waals surface area contributed by atoms with Crippen LogP contribution in [-0.2, 0) is 13.2 Å². The van der Waals surface area contributed by atoms with Gasteiger partial charge in [-0.25, -0.2) is 0 Å². The predicted octanol–water partition coefficient (Wildman–Crippen LogP) is 0.836. The van der Waals surface area contributed by atoms with Crippen molar-refractivity contribution in [1.29, 1.82) is 0 Å². The fourth-order valence-electron chi connectivity index (χ4n) is 1.66. The van der Waals surface area contributed by atoms with Crippen molar-refractivity contribution in [2.24, 2.45) is 5.73 Å². The van der Waals surface area contributed by atoms with Crippen LogP contribution in [0.5, 0.6) is 17.2 Å². The number of nitrogens with zero attached hydrogens (tertiary/aromatic N) is 2. The highest BCUT2D eigenvalue weighted by Gasteiger charge is 2.17. The Morgan fingerprint density at radius 2 is 2.11 bits per heavy atom. The lowest BCUT2D eigenvalue weighted by Gasteiger charge is -2.09. The standard InChI is InChI=1S/C11H11N3O4/c12-3-7-1-9-10(17-6-16-9)2-8(7)15-4-11-13-5-18-14-11/h1-2,5H,3-4,6,12H2. The lowest BCUT2D eigenvalue weighted by atomic mass is 10.2. The molecule has 94 valence electrons. The molecule has 18 heavy (non-hydrogen) atoms. The summed E-state index contributed by atoms with van der Waals surface area (Å²) in [5.74, 6) is 2.43. The highest BCUT2D eigenvalue weighted by Crippen LogP contribution is 2.38. The van der Waals surface area contributed by atoms with E-state index in [4.69, 9.17) is 19.9 Å². The maximum atomic E-state index is 5.67. The first-order chi connectivity index (χ1) is 8.86. The van der Waals surface area contributed by atoms with Gasteiger partial charge in [0.25, 0.3) is 0 Å². The topological polar surface area (TPSA) is 92.6 Å². The van der Waals surface area contributed by atoms with Crippen LogP contribution in [-0.4, -0.2) is 16.9 Å². The third kappa shape index (κ3) is 1.95. The van der Waals surface area contributed by atoms with Crippen LogP contribution >= 0.6 is 0 Å². The Kier molecular flexibility index (Phi) is 2.73. The highest BCUT2D eigenvalue weighted by atomic mass is 16.7. The zero-order valence-corrected chi connectivity index (χ0v) is 9.46. The number of rotatable bonds is 4. The number of benzene rings is 1. The molecular formula is C11H11N3O4. The molecule has 1 aliphatic heterocycles. The Hall–Kier alpha value is -2.28. The number of ether oxygens (including phenoxy) is 3. The number of aromatic nitrogens is 2. The molecule has 0 fully saturated rings. The average molecular weight is 249 g/mol. The molecule has 0 saturated heterocycles. The lowest BCUT2D eigenvalue weighted by molar-refractivity contribution is 0.173. The molecule has 0 saturated carbocycles. The first-order valence-corrected chi connectivity index (χ1v) is 5.37. The van der Waals surface area contributed by atoms with Crippen LogP contribution in [0.2, 0.25) is 0 Å². The molecule has 7 heteroatoms. The summed E-state index contributed by atoms with van der Waals surface area (Å²) < 4.78 is 20.8. The van der Waals surface area contributed by atoms with Crippen molar-refractivity contribution in [3.63, 3.8) is 0 Å². The van der Waals surface area contributed by atoms with Gasteiger partial charge >= 0.3 is 0 Å². The van der Waals surface area contributed by atoms with Crippen molar-refractivity contribution in [2.45, 2.75) is 13.2 Å². The van der Waals surface area contributed by atoms with E-state index in [-0.39, 0.29) is 13.4 Å². The van der Waals surface area contributed by atoms with Crippen molar-refractivity contribution in [2.75, 3.05) is 6.79 Å². The van der Waals surface area contributed by atoms with Crippen LogP contribution < -0.4 is 19.9 Å². The second-order valence-electron chi connectivity index (χ2n) is 3.65. The largest absolute Gasteiger partial charge is 0.485 e. The van der Waals surface area contributed by atoms with Crippen molar-refractivity contribution < 1.29 is 18.7 Å². The third-order valence-electron chi connectivity index (χ3n) is 2.54. The van der Waals surface area contributed by atoms with Gasteiger partial charge < -0.3 is 24.5 Å². The van der Waals surface area contributed by atoms with E-state index in [1.165, 1.54) is 6.39 Å². The lowest BCUT2D eigenvalue weighted by Crippen LogP contribution is -2.03. The molecule has 7 nitrogen and oxygen atoms in total. The number of hydrogen-bond donors (Lipinski definition) is 1. The normalized spacial score (nSPS) is 12.7. The summed E-state index contributed by atoms with van der Waals surface area (Å²) in [7, 11) is 0. The number of nitrogens with two attached hydrogens (primary N) is 1. The van der Waals surface area contributed by atoms with Gasteiger partial charge in [-0.2, -0.15) is 4.98 Å². The van der Waals surface area contributed by atoms with Crippen molar-refractivity contribution in [3.05, 3.63) is 29.9 Å². The van der Waals surface area contributed by atoms with E-state index in [1.807, 2.05) is 6.07 Å². The number of fused-ring (bicyclic) bond motifs is 1. The fourth-order valence-corrected chi connectivity index (χ4v) is 1.66. The molecule has 1 aliphatic rings. The molecule has 1 aromatic carbocycles. The molecule has 0 radical (unpaired) electrons. The quantitative estimate of drug-likeness (QED) is 0.857. The summed E-state index contributed by atoms with van der Waals surface area (Å²) in [6.45, 7) is 0.773. The van der Waals surface area contributed by atoms with Gasteiger partial charge in [-0.3, -0.25) is 0 Å². The highest BCUT2D eigenvalue weighted by molar-refractivity contribution is 5.51. The molecular weight excluding hydrogens is 238 g/mol. The second-order valence-corrected chi connectivity index (χ2v) is 3.65. The van der Waals surface area contributed by atoms with E-state index < -0.39 is 0 Å². The zero-order chi connectivity index (χ0) is 12.4. The summed E-state index contributed by atoms with van der Waals surface area (Å²) in [4.78, 5) is 3.87. The maximum Gasteiger partial charge on any atom is 0.231 e. The van der Waals surface area contributed by atoms with Gasteiger partial charge in [0.2, 0.25) is 19.0 Å². The summed E-state index contributed by atoms with van der Waals surface area (Å²) in [5, 5.41) is 3.66. The minimum absolute atomic E-state index is 0.211. The van der Waals surface area contributed by atoms with Crippen molar-refractivity contribution >= 4 is 0 Å². The first-order valence-electron chi connectivity index (χ1n) is 5.37. The van der Waals surface area contributed by atoms with Crippen molar-refractivity contribution in [1.82, 2.24) is 10.1 Å². The van der Waals surface area contributed by atoms with E-state index in [1.54, 1.807) is 6.07 Å². The van der Waals surface area contributed by atoms with E-state index in [2.05, 4.69) is 14.7 Å². The van der Waals surface area contributed by atoms with Gasteiger partial charge in [-0.1, -0.05) is 5.16 Å². The van der Waals surface area contributed by atoms with Crippen LogP contribution in [0.4, 0.5) is 0 Å². The van der Waals surface area contributed by atoms with Crippen LogP contribution in [0.15, 0.2) is 23.0 Å². The van der Waals surface area contributed by atoms with Crippen LogP contribution in [0.25, 0.3) is 0 Å². The zero-order valence-electron chi connectivity index (χ0n) is 9.46. The van der Waals surface area contributed by atoms with Crippen LogP contribution in [0, 0.1) is 0 Å². The monoisotopic (exact) mass is 249 g/mol. The molecule has 1 aromatic heterocycles. The SMILES string of the molecule is NCc1cc2c(cc1OCc1ncon1)OCO2. The van der Waals surface area contributed by atoms with Gasteiger partial charge in [0.1, 0.15) is 5.75 Å². The Morgan fingerprint density at radius 1 is 1.28 bits per heavy atom. The predicted molar refractivity (Wildman–Crippen MR) is 59.1 cm³/mol. The van der Waals surface area contributed by atoms with Gasteiger partial charge in [0.15, 0.2) is 18.1 Å². The molecule has 2 heterocycles. The Balaban J connectivity index is 1.82. The summed E-state index contributed by atoms with van der Waals surface area (Å²) in [5.41, 5.74) is 6.50. The molecule has 2 N–H and O–H groups in total. The summed E-state index contributed by atoms with van der Waals surface area (Å²) in [6, 6.07) is 3.57. The molecule has 0 unspecified atom stereocenters. The third-order valence-corrected chi connectivity index (χ3v) is 2.54. The van der Waals surface area contributed by atoms with Gasteiger partial charge in [-0.05, 0) is 6.07 Å². The molecule has 0 aliphatic carbocycles. The van der Waals surface area contributed by atoms with Gasteiger partial charge in [0, 0.05) is 18.2 Å². The molecule has 2 aromatic rings. The van der Waals surface area contributed by atoms with Crippen LogP contribution in [0.1, 0.15) is 11.4 Å². The molecule has 0 bridgehead atoms. The maximum absolute atomic E-state index is 5.67. The fraction of sp³-hybridized carbons (Fsp3) is 0.273. The summed E-state index contributed by atoms with van der Waals surface area (Å²) in [6.07, 6.45) is 1.25. The number of hydrogen-bond acceptors (Lipinski definition) is 7. The van der Waals surface area contributed by atoms with Gasteiger partial charge in [0.05, 0.1) is 0 Å². The van der Waals surface area contributed by atoms with Crippen LogP contribution in [0.3, 0.4) is 0 Å².